The molecule has 2 fully saturated rings. The van der Waals surface area contributed by atoms with E-state index < -0.39 is 6.10 Å². The molecule has 5 atom stereocenters. The molecule has 2 aliphatic heterocycles. The Hall–Kier alpha value is -1.01. The van der Waals surface area contributed by atoms with Gasteiger partial charge in [-0.3, -0.25) is 4.79 Å². The predicted octanol–water partition coefficient (Wildman–Crippen LogP) is 1.10. The van der Waals surface area contributed by atoms with E-state index in [9.17, 15) is 4.79 Å². The van der Waals surface area contributed by atoms with Gasteiger partial charge in [-0.15, -0.1) is 0 Å². The van der Waals surface area contributed by atoms with E-state index in [4.69, 9.17) is 17.3 Å². The Morgan fingerprint density at radius 3 is 3.04 bits per heavy atom. The van der Waals surface area contributed by atoms with Gasteiger partial charge >= 0.3 is 0 Å². The van der Waals surface area contributed by atoms with Crippen molar-refractivity contribution in [3.05, 3.63) is 17.2 Å². The summed E-state index contributed by atoms with van der Waals surface area (Å²) in [5, 5.41) is 0. The van der Waals surface area contributed by atoms with Gasteiger partial charge in [0.1, 0.15) is 7.85 Å². The molecule has 0 amide bonds. The van der Waals surface area contributed by atoms with Gasteiger partial charge in [0.05, 0.1) is 11.9 Å². The summed E-state index contributed by atoms with van der Waals surface area (Å²) < 4.78 is 11.8. The highest BCUT2D eigenvalue weighted by atomic mass is 79.9. The van der Waals surface area contributed by atoms with Crippen LogP contribution in [0.2, 0.25) is 0 Å². The summed E-state index contributed by atoms with van der Waals surface area (Å²) in [5.74, 6) is 1.99. The number of ether oxygens (including phenoxy) is 2. The Bertz CT molecular complexity index is 769. The number of alkyl halides is 1. The molecule has 24 heavy (non-hydrogen) atoms. The third kappa shape index (κ3) is 1.58. The highest BCUT2D eigenvalue weighted by molar-refractivity contribution is 9.10. The first-order valence-corrected chi connectivity index (χ1v) is 9.45. The van der Waals surface area contributed by atoms with Crippen LogP contribution in [0.1, 0.15) is 24.0 Å². The summed E-state index contributed by atoms with van der Waals surface area (Å²) in [6.45, 7) is 0.983. The molecule has 4 aliphatic rings. The summed E-state index contributed by atoms with van der Waals surface area (Å²) >= 11 is 3.61. The van der Waals surface area contributed by atoms with Crippen molar-refractivity contribution >= 4 is 35.0 Å². The molecule has 3 unspecified atom stereocenters. The zero-order valence-electron chi connectivity index (χ0n) is 13.8. The lowest BCUT2D eigenvalue weighted by molar-refractivity contribution is -0.137. The average Bonchev–Trinajstić information content (AvgIpc) is 2.90. The van der Waals surface area contributed by atoms with E-state index in [-0.39, 0.29) is 16.0 Å². The second-order valence-electron chi connectivity index (χ2n) is 7.60. The fourth-order valence-corrected chi connectivity index (χ4v) is 6.37. The number of methoxy groups -OCH3 is 1. The number of likely N-dealkylation sites (tertiary alicyclic amines) is 1. The average molecular weight is 388 g/mol. The molecule has 1 aromatic rings. The molecular weight excluding hydrogens is 369 g/mol. The number of ketones is 1. The normalized spacial score (nSPS) is 39.4. The Morgan fingerprint density at radius 1 is 1.50 bits per heavy atom. The van der Waals surface area contributed by atoms with Crippen LogP contribution < -0.4 is 14.9 Å². The van der Waals surface area contributed by atoms with Crippen LogP contribution in [-0.4, -0.2) is 56.2 Å². The first kappa shape index (κ1) is 15.3. The third-order valence-electron chi connectivity index (χ3n) is 6.79. The zero-order valence-corrected chi connectivity index (χ0v) is 15.4. The SMILES string of the molecule is [B]c1cc(OC)c2c3c1C[C@H]1C4CC(Br)C(=O)C(O2)[C@@]34CCN1C. The predicted molar refractivity (Wildman–Crippen MR) is 95.0 cm³/mol. The van der Waals surface area contributed by atoms with Crippen LogP contribution in [-0.2, 0) is 16.6 Å². The lowest BCUT2D eigenvalue weighted by Gasteiger charge is -2.58. The molecule has 2 bridgehead atoms. The molecule has 1 spiro atoms. The number of carbonyl (C=O) groups excluding carboxylic acids is 1. The summed E-state index contributed by atoms with van der Waals surface area (Å²) in [7, 11) is 10.2. The summed E-state index contributed by atoms with van der Waals surface area (Å²) in [5.41, 5.74) is 2.87. The minimum absolute atomic E-state index is 0.131. The van der Waals surface area contributed by atoms with Crippen LogP contribution in [0.25, 0.3) is 0 Å². The van der Waals surface area contributed by atoms with Gasteiger partial charge < -0.3 is 14.4 Å². The molecule has 2 aliphatic carbocycles. The molecule has 2 heterocycles. The second-order valence-corrected chi connectivity index (χ2v) is 8.71. The van der Waals surface area contributed by atoms with Crippen molar-refractivity contribution in [3.63, 3.8) is 0 Å². The van der Waals surface area contributed by atoms with Crippen molar-refractivity contribution in [2.45, 2.75) is 41.7 Å². The van der Waals surface area contributed by atoms with Gasteiger partial charge in [0.15, 0.2) is 23.4 Å². The van der Waals surface area contributed by atoms with Gasteiger partial charge in [0.25, 0.3) is 0 Å². The van der Waals surface area contributed by atoms with E-state index in [1.165, 1.54) is 11.1 Å². The molecular formula is C18H19BBrNO3. The van der Waals surface area contributed by atoms with Crippen LogP contribution in [0.5, 0.6) is 11.5 Å². The maximum Gasteiger partial charge on any atom is 0.187 e. The maximum atomic E-state index is 13.0. The highest BCUT2D eigenvalue weighted by Gasteiger charge is 2.67. The van der Waals surface area contributed by atoms with E-state index in [0.29, 0.717) is 17.7 Å². The van der Waals surface area contributed by atoms with Gasteiger partial charge in [-0.05, 0) is 50.4 Å². The van der Waals surface area contributed by atoms with Gasteiger partial charge in [-0.2, -0.15) is 0 Å². The highest BCUT2D eigenvalue weighted by Crippen LogP contribution is 2.63. The quantitative estimate of drug-likeness (QED) is 0.534. The van der Waals surface area contributed by atoms with Crippen molar-refractivity contribution in [2.75, 3.05) is 20.7 Å². The van der Waals surface area contributed by atoms with E-state index in [1.54, 1.807) is 7.11 Å². The fourth-order valence-electron chi connectivity index (χ4n) is 5.72. The molecule has 2 radical (unpaired) electrons. The van der Waals surface area contributed by atoms with Crippen LogP contribution >= 0.6 is 15.9 Å². The number of Topliss-reactive ketones (excluding diaryl/α,β-unsaturated/α-hetero) is 1. The van der Waals surface area contributed by atoms with E-state index >= 15 is 0 Å². The molecule has 0 N–H and O–H groups in total. The first-order chi connectivity index (χ1) is 11.5. The number of hydrogen-bond acceptors (Lipinski definition) is 4. The molecule has 1 saturated heterocycles. The second kappa shape index (κ2) is 4.79. The number of nitrogens with zero attached hydrogens (tertiary/aromatic N) is 1. The number of piperidine rings is 1. The number of hydrogen-bond donors (Lipinski definition) is 0. The molecule has 0 aromatic heterocycles. The van der Waals surface area contributed by atoms with Gasteiger partial charge in [0.2, 0.25) is 0 Å². The largest absolute Gasteiger partial charge is 0.493 e. The standard InChI is InChI=1S/C18H19BBrNO3/c1-21-4-3-18-9-6-11(20)15(22)17(18)24-16-13(23-2)7-10(19)8(14(16)18)5-12(9)21/h7,9,11-12,17H,3-6H2,1-2H3/t9?,11?,12-,17?,18+/m0/s1. The number of rotatable bonds is 1. The van der Waals surface area contributed by atoms with Crippen molar-refractivity contribution in [1.82, 2.24) is 4.90 Å². The number of carbonyl (C=O) groups is 1. The monoisotopic (exact) mass is 387 g/mol. The zero-order chi connectivity index (χ0) is 16.8. The third-order valence-corrected chi connectivity index (χ3v) is 7.61. The minimum atomic E-state index is -0.415. The van der Waals surface area contributed by atoms with E-state index in [2.05, 4.69) is 27.9 Å². The smallest absolute Gasteiger partial charge is 0.187 e. The lowest BCUT2D eigenvalue weighted by atomic mass is 9.51. The molecule has 124 valence electrons. The molecule has 6 heteroatoms. The van der Waals surface area contributed by atoms with Crippen LogP contribution in [0.3, 0.4) is 0 Å². The Morgan fingerprint density at radius 2 is 2.29 bits per heavy atom. The topological polar surface area (TPSA) is 38.8 Å². The maximum absolute atomic E-state index is 13.0. The lowest BCUT2D eigenvalue weighted by Crippen LogP contribution is -2.67. The molecule has 4 nitrogen and oxygen atoms in total. The van der Waals surface area contributed by atoms with Crippen LogP contribution in [0, 0.1) is 5.92 Å². The summed E-state index contributed by atoms with van der Waals surface area (Å²) in [6.07, 6.45) is 2.31. The minimum Gasteiger partial charge on any atom is -0.493 e. The Kier molecular flexibility index (Phi) is 3.05. The number of halogens is 1. The molecule has 1 saturated carbocycles. The first-order valence-electron chi connectivity index (χ1n) is 8.53. The number of benzene rings is 1. The van der Waals surface area contributed by atoms with Gasteiger partial charge in [0, 0.05) is 17.0 Å². The van der Waals surface area contributed by atoms with Crippen molar-refractivity contribution in [2.24, 2.45) is 5.92 Å². The van der Waals surface area contributed by atoms with Crippen molar-refractivity contribution < 1.29 is 14.3 Å². The van der Waals surface area contributed by atoms with Crippen LogP contribution in [0.4, 0.5) is 0 Å². The summed E-state index contributed by atoms with van der Waals surface area (Å²) in [6, 6.07) is 2.26. The number of likely N-dealkylation sites (N-methyl/N-ethyl adjacent to an activating group) is 1. The summed E-state index contributed by atoms with van der Waals surface area (Å²) in [4.78, 5) is 15.3. The van der Waals surface area contributed by atoms with Crippen LogP contribution in [0.15, 0.2) is 6.07 Å². The van der Waals surface area contributed by atoms with Crippen molar-refractivity contribution in [1.29, 1.82) is 0 Å². The fraction of sp³-hybridized carbons (Fsp3) is 0.611. The van der Waals surface area contributed by atoms with Gasteiger partial charge in [-0.25, -0.2) is 0 Å². The van der Waals surface area contributed by atoms with E-state index in [0.717, 1.165) is 37.0 Å². The Balaban J connectivity index is 1.83. The van der Waals surface area contributed by atoms with E-state index in [1.807, 2.05) is 6.07 Å². The Labute approximate surface area is 151 Å². The molecule has 5 rings (SSSR count). The van der Waals surface area contributed by atoms with Crippen molar-refractivity contribution in [3.8, 4) is 11.5 Å². The van der Waals surface area contributed by atoms with Gasteiger partial charge in [-0.1, -0.05) is 21.4 Å². The molecule has 1 aromatic carbocycles.